The summed E-state index contributed by atoms with van der Waals surface area (Å²) >= 11 is 0. The molecule has 0 atom stereocenters. The van der Waals surface area contributed by atoms with Crippen LogP contribution in [0.5, 0.6) is 0 Å². The zero-order valence-electron chi connectivity index (χ0n) is 22.8. The van der Waals surface area contributed by atoms with Crippen LogP contribution in [0.25, 0.3) is 0 Å². The molecular formula is C32H39N3O3S. The fourth-order valence-corrected chi connectivity index (χ4v) is 7.61. The highest BCUT2D eigenvalue weighted by molar-refractivity contribution is 7.89. The molecule has 1 heterocycles. The molecule has 1 saturated carbocycles. The summed E-state index contributed by atoms with van der Waals surface area (Å²) in [5, 5.41) is 0. The lowest BCUT2D eigenvalue weighted by molar-refractivity contribution is -0.133. The molecule has 1 saturated heterocycles. The van der Waals surface area contributed by atoms with Crippen LogP contribution in [0.15, 0.2) is 89.8 Å². The highest BCUT2D eigenvalue weighted by atomic mass is 32.2. The van der Waals surface area contributed by atoms with Gasteiger partial charge in [-0.05, 0) is 43.0 Å². The minimum absolute atomic E-state index is 0.0956. The molecule has 39 heavy (non-hydrogen) atoms. The minimum atomic E-state index is -3.77. The standard InChI is InChI=1S/C32H39N3O3S/c1-26-17-19-30(20-18-26)39(37,38)35(29-15-9-4-10-16-29)25-31(36)33-21-23-34(24-22-33)32(27-11-5-2-6-12-27)28-13-7-3-8-14-28/h2-3,5-8,11-14,17-20,29,32H,4,9-10,15-16,21-25H2,1H3. The first-order valence-electron chi connectivity index (χ1n) is 14.1. The Morgan fingerprint density at radius 1 is 0.795 bits per heavy atom. The summed E-state index contributed by atoms with van der Waals surface area (Å²) in [4.78, 5) is 18.1. The molecule has 2 fully saturated rings. The largest absolute Gasteiger partial charge is 0.339 e. The summed E-state index contributed by atoms with van der Waals surface area (Å²) in [6.45, 7) is 4.47. The summed E-state index contributed by atoms with van der Waals surface area (Å²) in [6.07, 6.45) is 4.73. The van der Waals surface area contributed by atoms with Crippen molar-refractivity contribution in [3.05, 3.63) is 102 Å². The average Bonchev–Trinajstić information content (AvgIpc) is 2.98. The zero-order valence-corrected chi connectivity index (χ0v) is 23.6. The second-order valence-corrected chi connectivity index (χ2v) is 12.7. The summed E-state index contributed by atoms with van der Waals surface area (Å²) in [7, 11) is -3.77. The van der Waals surface area contributed by atoms with Gasteiger partial charge in [-0.3, -0.25) is 9.69 Å². The Kier molecular flexibility index (Phi) is 8.80. The molecule has 1 amide bonds. The van der Waals surface area contributed by atoms with Crippen LogP contribution in [-0.4, -0.2) is 67.2 Å². The Morgan fingerprint density at radius 3 is 1.87 bits per heavy atom. The molecule has 1 aliphatic carbocycles. The number of benzene rings is 3. The Morgan fingerprint density at radius 2 is 1.33 bits per heavy atom. The number of amides is 1. The maximum atomic E-state index is 13.8. The molecule has 0 N–H and O–H groups in total. The number of nitrogens with zero attached hydrogens (tertiary/aromatic N) is 3. The van der Waals surface area contributed by atoms with Gasteiger partial charge in [-0.1, -0.05) is 97.6 Å². The smallest absolute Gasteiger partial charge is 0.243 e. The van der Waals surface area contributed by atoms with Gasteiger partial charge in [-0.2, -0.15) is 4.31 Å². The highest BCUT2D eigenvalue weighted by Crippen LogP contribution is 2.31. The van der Waals surface area contributed by atoms with E-state index in [-0.39, 0.29) is 29.4 Å². The number of aryl methyl sites for hydroxylation is 1. The van der Waals surface area contributed by atoms with E-state index in [0.29, 0.717) is 13.1 Å². The Hall–Kier alpha value is -3.00. The molecule has 2 aliphatic rings. The number of carbonyl (C=O) groups is 1. The first-order valence-corrected chi connectivity index (χ1v) is 15.6. The summed E-state index contributed by atoms with van der Waals surface area (Å²) in [6, 6.07) is 27.9. The van der Waals surface area contributed by atoms with Gasteiger partial charge >= 0.3 is 0 Å². The van der Waals surface area contributed by atoms with Crippen molar-refractivity contribution in [2.24, 2.45) is 0 Å². The lowest BCUT2D eigenvalue weighted by Crippen LogP contribution is -2.54. The molecule has 3 aromatic rings. The molecule has 206 valence electrons. The second-order valence-electron chi connectivity index (χ2n) is 10.8. The third-order valence-corrected chi connectivity index (χ3v) is 10.1. The first kappa shape index (κ1) is 27.6. The fourth-order valence-electron chi connectivity index (χ4n) is 5.97. The van der Waals surface area contributed by atoms with E-state index in [2.05, 4.69) is 53.4 Å². The van der Waals surface area contributed by atoms with E-state index in [9.17, 15) is 13.2 Å². The van der Waals surface area contributed by atoms with E-state index in [1.807, 2.05) is 36.1 Å². The molecule has 0 aromatic heterocycles. The van der Waals surface area contributed by atoms with Crippen molar-refractivity contribution in [2.75, 3.05) is 32.7 Å². The SMILES string of the molecule is Cc1ccc(S(=O)(=O)N(CC(=O)N2CCN(C(c3ccccc3)c3ccccc3)CC2)C2CCCCC2)cc1. The number of rotatable bonds is 8. The number of sulfonamides is 1. The molecular weight excluding hydrogens is 506 g/mol. The van der Waals surface area contributed by atoms with Crippen molar-refractivity contribution >= 4 is 15.9 Å². The maximum absolute atomic E-state index is 13.8. The highest BCUT2D eigenvalue weighted by Gasteiger charge is 2.36. The van der Waals surface area contributed by atoms with Crippen molar-refractivity contribution in [3.8, 4) is 0 Å². The molecule has 6 nitrogen and oxygen atoms in total. The van der Waals surface area contributed by atoms with Gasteiger partial charge in [0.05, 0.1) is 17.5 Å². The van der Waals surface area contributed by atoms with Gasteiger partial charge < -0.3 is 4.90 Å². The predicted octanol–water partition coefficient (Wildman–Crippen LogP) is 5.25. The van der Waals surface area contributed by atoms with E-state index < -0.39 is 10.0 Å². The van der Waals surface area contributed by atoms with Crippen LogP contribution in [0.4, 0.5) is 0 Å². The van der Waals surface area contributed by atoms with E-state index in [1.54, 1.807) is 12.1 Å². The number of piperazine rings is 1. The van der Waals surface area contributed by atoms with E-state index in [1.165, 1.54) is 15.4 Å². The topological polar surface area (TPSA) is 60.9 Å². The quantitative estimate of drug-likeness (QED) is 0.388. The van der Waals surface area contributed by atoms with Crippen LogP contribution in [0.3, 0.4) is 0 Å². The van der Waals surface area contributed by atoms with Crippen molar-refractivity contribution in [1.82, 2.24) is 14.1 Å². The minimum Gasteiger partial charge on any atom is -0.339 e. The van der Waals surface area contributed by atoms with Gasteiger partial charge in [0.1, 0.15) is 0 Å². The van der Waals surface area contributed by atoms with Crippen molar-refractivity contribution in [3.63, 3.8) is 0 Å². The van der Waals surface area contributed by atoms with Crippen LogP contribution in [-0.2, 0) is 14.8 Å². The lowest BCUT2D eigenvalue weighted by atomic mass is 9.95. The van der Waals surface area contributed by atoms with E-state index in [4.69, 9.17) is 0 Å². The molecule has 0 bridgehead atoms. The van der Waals surface area contributed by atoms with Crippen molar-refractivity contribution < 1.29 is 13.2 Å². The van der Waals surface area contributed by atoms with Crippen LogP contribution >= 0.6 is 0 Å². The summed E-state index contributed by atoms with van der Waals surface area (Å²) in [5.74, 6) is -0.105. The number of hydrogen-bond acceptors (Lipinski definition) is 4. The summed E-state index contributed by atoms with van der Waals surface area (Å²) < 4.78 is 29.0. The van der Waals surface area contributed by atoms with Gasteiger partial charge in [-0.15, -0.1) is 0 Å². The molecule has 0 radical (unpaired) electrons. The molecule has 1 aliphatic heterocycles. The van der Waals surface area contributed by atoms with Crippen molar-refractivity contribution in [2.45, 2.75) is 56.0 Å². The zero-order chi connectivity index (χ0) is 27.2. The monoisotopic (exact) mass is 545 g/mol. The Labute approximate surface area is 233 Å². The van der Waals surface area contributed by atoms with E-state index in [0.717, 1.165) is 50.8 Å². The van der Waals surface area contributed by atoms with E-state index >= 15 is 0 Å². The average molecular weight is 546 g/mol. The third-order valence-electron chi connectivity index (χ3n) is 8.16. The predicted molar refractivity (Wildman–Crippen MR) is 155 cm³/mol. The molecule has 3 aromatic carbocycles. The van der Waals surface area contributed by atoms with Gasteiger partial charge in [-0.25, -0.2) is 8.42 Å². The van der Waals surface area contributed by atoms with Gasteiger partial charge in [0.15, 0.2) is 0 Å². The van der Waals surface area contributed by atoms with Crippen molar-refractivity contribution in [1.29, 1.82) is 0 Å². The molecule has 7 heteroatoms. The Bertz CT molecular complexity index is 1280. The second kappa shape index (κ2) is 12.5. The third kappa shape index (κ3) is 6.43. The lowest BCUT2D eigenvalue weighted by Gasteiger charge is -2.41. The Balaban J connectivity index is 1.31. The van der Waals surface area contributed by atoms with Gasteiger partial charge in [0.25, 0.3) is 0 Å². The first-order chi connectivity index (χ1) is 18.9. The molecule has 0 spiro atoms. The van der Waals surface area contributed by atoms with Crippen LogP contribution in [0.2, 0.25) is 0 Å². The van der Waals surface area contributed by atoms with Gasteiger partial charge in [0, 0.05) is 32.2 Å². The van der Waals surface area contributed by atoms with Crippen LogP contribution in [0, 0.1) is 6.92 Å². The number of carbonyl (C=O) groups excluding carboxylic acids is 1. The fraction of sp³-hybridized carbons (Fsp3) is 0.406. The van der Waals surface area contributed by atoms with Gasteiger partial charge in [0.2, 0.25) is 15.9 Å². The molecule has 5 rings (SSSR count). The molecule has 0 unspecified atom stereocenters. The number of hydrogen-bond donors (Lipinski definition) is 0. The van der Waals surface area contributed by atoms with Crippen LogP contribution < -0.4 is 0 Å². The maximum Gasteiger partial charge on any atom is 0.243 e. The van der Waals surface area contributed by atoms with Crippen LogP contribution in [0.1, 0.15) is 54.8 Å². The normalized spacial score (nSPS) is 17.6. The summed E-state index contributed by atoms with van der Waals surface area (Å²) in [5.41, 5.74) is 3.48.